The molecule has 0 bridgehead atoms. The second kappa shape index (κ2) is 10.7. The van der Waals surface area contributed by atoms with Gasteiger partial charge in [0.05, 0.1) is 6.42 Å². The second-order valence-electron chi connectivity index (χ2n) is 5.64. The number of aliphatic hydroxyl groups excluding tert-OH is 1. The molecule has 0 aliphatic rings. The second-order valence-corrected chi connectivity index (χ2v) is 6.07. The molecule has 1 amide bonds. The van der Waals surface area contributed by atoms with Gasteiger partial charge in [-0.2, -0.15) is 0 Å². The molecule has 5 nitrogen and oxygen atoms in total. The largest absolute Gasteiger partial charge is 0.491 e. The number of nitrogens with one attached hydrogen (secondary N) is 2. The van der Waals surface area contributed by atoms with Gasteiger partial charge in [-0.15, -0.1) is 0 Å². The average molecular weight is 363 g/mol. The molecule has 0 saturated heterocycles. The van der Waals surface area contributed by atoms with Gasteiger partial charge in [0.15, 0.2) is 0 Å². The predicted molar refractivity (Wildman–Crippen MR) is 99.0 cm³/mol. The number of halogens is 1. The zero-order valence-electron chi connectivity index (χ0n) is 14.0. The first kappa shape index (κ1) is 19.2. The molecule has 0 aliphatic carbocycles. The van der Waals surface area contributed by atoms with Gasteiger partial charge in [-0.1, -0.05) is 41.9 Å². The van der Waals surface area contributed by atoms with Crippen LogP contribution in [0.4, 0.5) is 0 Å². The zero-order valence-corrected chi connectivity index (χ0v) is 14.7. The molecule has 3 N–H and O–H groups in total. The molecule has 1 unspecified atom stereocenters. The molecule has 0 fully saturated rings. The third-order valence-electron chi connectivity index (χ3n) is 3.47. The quantitative estimate of drug-likeness (QED) is 0.566. The summed E-state index contributed by atoms with van der Waals surface area (Å²) in [7, 11) is 0. The summed E-state index contributed by atoms with van der Waals surface area (Å²) in [4.78, 5) is 11.8. The Morgan fingerprint density at radius 2 is 1.80 bits per heavy atom. The van der Waals surface area contributed by atoms with Crippen LogP contribution < -0.4 is 15.4 Å². The maximum atomic E-state index is 11.8. The number of benzene rings is 2. The van der Waals surface area contributed by atoms with Crippen molar-refractivity contribution in [1.82, 2.24) is 10.6 Å². The molecule has 2 aromatic carbocycles. The van der Waals surface area contributed by atoms with Crippen LogP contribution in [0, 0.1) is 0 Å². The van der Waals surface area contributed by atoms with E-state index >= 15 is 0 Å². The zero-order chi connectivity index (χ0) is 17.9. The third-order valence-corrected chi connectivity index (χ3v) is 3.72. The molecule has 2 rings (SSSR count). The van der Waals surface area contributed by atoms with Crippen LogP contribution >= 0.6 is 11.6 Å². The lowest BCUT2D eigenvalue weighted by Crippen LogP contribution is -2.37. The minimum absolute atomic E-state index is 0.0444. The summed E-state index contributed by atoms with van der Waals surface area (Å²) < 4.78 is 5.47. The number of aliphatic hydroxyl groups is 1. The smallest absolute Gasteiger partial charge is 0.224 e. The standard InChI is InChI=1S/C19H23ClN2O3/c20-16-8-6-15(7-9-16)12-19(24)22-11-10-21-13-17(23)14-25-18-4-2-1-3-5-18/h1-9,17,21,23H,10-14H2,(H,22,24). The van der Waals surface area contributed by atoms with Gasteiger partial charge in [0, 0.05) is 24.7 Å². The van der Waals surface area contributed by atoms with E-state index in [1.165, 1.54) is 0 Å². The number of amides is 1. The number of hydrogen-bond donors (Lipinski definition) is 3. The maximum Gasteiger partial charge on any atom is 0.224 e. The fourth-order valence-corrected chi connectivity index (χ4v) is 2.30. The van der Waals surface area contributed by atoms with Crippen LogP contribution in [0.25, 0.3) is 0 Å². The highest BCUT2D eigenvalue weighted by molar-refractivity contribution is 6.30. The number of carbonyl (C=O) groups is 1. The molecule has 2 aromatic rings. The Morgan fingerprint density at radius 1 is 1.08 bits per heavy atom. The SMILES string of the molecule is O=C(Cc1ccc(Cl)cc1)NCCNCC(O)COc1ccccc1. The van der Waals surface area contributed by atoms with E-state index in [4.69, 9.17) is 16.3 Å². The van der Waals surface area contributed by atoms with Crippen molar-refractivity contribution < 1.29 is 14.6 Å². The van der Waals surface area contributed by atoms with E-state index in [1.54, 1.807) is 12.1 Å². The van der Waals surface area contributed by atoms with Crippen LogP contribution in [0.3, 0.4) is 0 Å². The molecule has 0 saturated carbocycles. The van der Waals surface area contributed by atoms with Crippen LogP contribution in [-0.2, 0) is 11.2 Å². The summed E-state index contributed by atoms with van der Waals surface area (Å²) in [5.74, 6) is 0.688. The van der Waals surface area contributed by atoms with Crippen LogP contribution in [0.2, 0.25) is 5.02 Å². The molecule has 0 radical (unpaired) electrons. The number of ether oxygens (including phenoxy) is 1. The van der Waals surface area contributed by atoms with Crippen molar-refractivity contribution in [3.05, 3.63) is 65.2 Å². The van der Waals surface area contributed by atoms with Gasteiger partial charge in [0.1, 0.15) is 18.5 Å². The highest BCUT2D eigenvalue weighted by Gasteiger charge is 2.06. The maximum absolute atomic E-state index is 11.8. The van der Waals surface area contributed by atoms with Crippen molar-refractivity contribution in [3.63, 3.8) is 0 Å². The van der Waals surface area contributed by atoms with Crippen molar-refractivity contribution in [1.29, 1.82) is 0 Å². The average Bonchev–Trinajstić information content (AvgIpc) is 2.62. The van der Waals surface area contributed by atoms with E-state index in [0.29, 0.717) is 31.1 Å². The Labute approximate surface area is 153 Å². The summed E-state index contributed by atoms with van der Waals surface area (Å²) >= 11 is 5.81. The van der Waals surface area contributed by atoms with Crippen molar-refractivity contribution in [2.75, 3.05) is 26.2 Å². The van der Waals surface area contributed by atoms with E-state index in [9.17, 15) is 9.90 Å². The van der Waals surface area contributed by atoms with Crippen molar-refractivity contribution >= 4 is 17.5 Å². The Bertz CT molecular complexity index is 635. The van der Waals surface area contributed by atoms with E-state index in [0.717, 1.165) is 11.3 Å². The highest BCUT2D eigenvalue weighted by Crippen LogP contribution is 2.10. The molecular formula is C19H23ClN2O3. The molecule has 0 heterocycles. The molecule has 6 heteroatoms. The number of rotatable bonds is 10. The first-order valence-corrected chi connectivity index (χ1v) is 8.59. The van der Waals surface area contributed by atoms with E-state index < -0.39 is 6.10 Å². The predicted octanol–water partition coefficient (Wildman–Crippen LogP) is 2.03. The van der Waals surface area contributed by atoms with E-state index in [-0.39, 0.29) is 12.5 Å². The summed E-state index contributed by atoms with van der Waals surface area (Å²) in [6, 6.07) is 16.6. The fourth-order valence-electron chi connectivity index (χ4n) is 2.18. The topological polar surface area (TPSA) is 70.6 Å². The molecule has 0 spiro atoms. The van der Waals surface area contributed by atoms with Gasteiger partial charge in [-0.05, 0) is 29.8 Å². The highest BCUT2D eigenvalue weighted by atomic mass is 35.5. The Balaban J connectivity index is 1.52. The van der Waals surface area contributed by atoms with Gasteiger partial charge >= 0.3 is 0 Å². The lowest BCUT2D eigenvalue weighted by atomic mass is 10.1. The minimum atomic E-state index is -0.607. The van der Waals surface area contributed by atoms with E-state index in [1.807, 2.05) is 42.5 Å². The van der Waals surface area contributed by atoms with Crippen LogP contribution in [0.15, 0.2) is 54.6 Å². The Kier molecular flexibility index (Phi) is 8.25. The fraction of sp³-hybridized carbons (Fsp3) is 0.316. The Morgan fingerprint density at radius 3 is 2.52 bits per heavy atom. The molecule has 0 aliphatic heterocycles. The molecule has 134 valence electrons. The minimum Gasteiger partial charge on any atom is -0.491 e. The van der Waals surface area contributed by atoms with Gasteiger partial charge < -0.3 is 20.5 Å². The number of para-hydroxylation sites is 1. The van der Waals surface area contributed by atoms with Crippen LogP contribution in [0.1, 0.15) is 5.56 Å². The summed E-state index contributed by atoms with van der Waals surface area (Å²) in [5.41, 5.74) is 0.920. The van der Waals surface area contributed by atoms with Crippen molar-refractivity contribution in [2.45, 2.75) is 12.5 Å². The molecule has 25 heavy (non-hydrogen) atoms. The lowest BCUT2D eigenvalue weighted by molar-refractivity contribution is -0.120. The molecule has 0 aromatic heterocycles. The van der Waals surface area contributed by atoms with Crippen LogP contribution in [0.5, 0.6) is 5.75 Å². The number of carbonyl (C=O) groups excluding carboxylic acids is 1. The van der Waals surface area contributed by atoms with Gasteiger partial charge in [-0.25, -0.2) is 0 Å². The lowest BCUT2D eigenvalue weighted by Gasteiger charge is -2.13. The third kappa shape index (κ3) is 8.03. The summed E-state index contributed by atoms with van der Waals surface area (Å²) in [6.07, 6.45) is -0.282. The summed E-state index contributed by atoms with van der Waals surface area (Å²) in [6.45, 7) is 1.70. The van der Waals surface area contributed by atoms with Gasteiger partial charge in [-0.3, -0.25) is 4.79 Å². The molecule has 1 atom stereocenters. The van der Waals surface area contributed by atoms with Crippen molar-refractivity contribution in [3.8, 4) is 5.75 Å². The first-order valence-electron chi connectivity index (χ1n) is 8.21. The van der Waals surface area contributed by atoms with Gasteiger partial charge in [0.25, 0.3) is 0 Å². The number of hydrogen-bond acceptors (Lipinski definition) is 4. The summed E-state index contributed by atoms with van der Waals surface area (Å²) in [5, 5.41) is 16.4. The normalized spacial score (nSPS) is 11.8. The molecular weight excluding hydrogens is 340 g/mol. The van der Waals surface area contributed by atoms with Crippen LogP contribution in [-0.4, -0.2) is 43.4 Å². The van der Waals surface area contributed by atoms with E-state index in [2.05, 4.69) is 10.6 Å². The Hall–Kier alpha value is -2.08. The monoisotopic (exact) mass is 362 g/mol. The first-order chi connectivity index (χ1) is 12.1. The van der Waals surface area contributed by atoms with Gasteiger partial charge in [0.2, 0.25) is 5.91 Å². The van der Waals surface area contributed by atoms with Crippen molar-refractivity contribution in [2.24, 2.45) is 0 Å².